The number of aromatic nitrogens is 1. The van der Waals surface area contributed by atoms with Crippen molar-refractivity contribution in [1.82, 2.24) is 15.2 Å². The van der Waals surface area contributed by atoms with Crippen LogP contribution in [0.5, 0.6) is 0 Å². The van der Waals surface area contributed by atoms with Crippen molar-refractivity contribution < 1.29 is 14.3 Å². The molecule has 0 aromatic carbocycles. The molecule has 1 fully saturated rings. The molecule has 1 aromatic heterocycles. The van der Waals surface area contributed by atoms with E-state index in [-0.39, 0.29) is 18.0 Å². The van der Waals surface area contributed by atoms with Gasteiger partial charge in [0.2, 0.25) is 0 Å². The van der Waals surface area contributed by atoms with E-state index in [9.17, 15) is 9.59 Å². The molecule has 2 heterocycles. The molecule has 2 rings (SSSR count). The first kappa shape index (κ1) is 16.3. The standard InChI is InChI=1S/C16H23N3O3/c1-16(2,3)22-15(21)19-10-7-12(8-11-19)18-14(20)13-6-4-5-9-17-13/h4-6,9,12H,7-8,10-11H2,1-3H3,(H,18,20). The Morgan fingerprint density at radius 3 is 2.50 bits per heavy atom. The Bertz CT molecular complexity index is 517. The highest BCUT2D eigenvalue weighted by atomic mass is 16.6. The van der Waals surface area contributed by atoms with E-state index < -0.39 is 5.60 Å². The first-order valence-corrected chi connectivity index (χ1v) is 7.55. The highest BCUT2D eigenvalue weighted by Gasteiger charge is 2.27. The van der Waals surface area contributed by atoms with E-state index in [1.165, 1.54) is 0 Å². The molecule has 0 atom stereocenters. The Labute approximate surface area is 130 Å². The van der Waals surface area contributed by atoms with Crippen LogP contribution in [0.4, 0.5) is 4.79 Å². The van der Waals surface area contributed by atoms with Crippen molar-refractivity contribution in [3.63, 3.8) is 0 Å². The highest BCUT2D eigenvalue weighted by molar-refractivity contribution is 5.92. The minimum absolute atomic E-state index is 0.0631. The molecule has 1 aromatic rings. The number of amides is 2. The lowest BCUT2D eigenvalue weighted by Crippen LogP contribution is -2.47. The normalized spacial score (nSPS) is 16.2. The van der Waals surface area contributed by atoms with Crippen molar-refractivity contribution in [3.05, 3.63) is 30.1 Å². The van der Waals surface area contributed by atoms with Crippen LogP contribution < -0.4 is 5.32 Å². The smallest absolute Gasteiger partial charge is 0.410 e. The Kier molecular flexibility index (Phi) is 5.00. The van der Waals surface area contributed by atoms with Gasteiger partial charge in [0, 0.05) is 25.3 Å². The van der Waals surface area contributed by atoms with E-state index in [1.807, 2.05) is 20.8 Å². The molecule has 1 aliphatic heterocycles. The van der Waals surface area contributed by atoms with Gasteiger partial charge in [-0.2, -0.15) is 0 Å². The third-order valence-corrected chi connectivity index (χ3v) is 3.38. The predicted octanol–water partition coefficient (Wildman–Crippen LogP) is 2.21. The molecule has 0 radical (unpaired) electrons. The first-order valence-electron chi connectivity index (χ1n) is 7.55. The second kappa shape index (κ2) is 6.77. The summed E-state index contributed by atoms with van der Waals surface area (Å²) < 4.78 is 5.35. The van der Waals surface area contributed by atoms with Crippen LogP contribution in [-0.4, -0.2) is 46.6 Å². The molecule has 0 saturated carbocycles. The lowest BCUT2D eigenvalue weighted by atomic mass is 10.1. The van der Waals surface area contributed by atoms with Crippen LogP contribution in [-0.2, 0) is 4.74 Å². The maximum absolute atomic E-state index is 12.0. The van der Waals surface area contributed by atoms with Gasteiger partial charge in [-0.05, 0) is 45.7 Å². The number of carbonyl (C=O) groups is 2. The number of piperidine rings is 1. The number of rotatable bonds is 2. The van der Waals surface area contributed by atoms with E-state index in [0.717, 1.165) is 12.8 Å². The lowest BCUT2D eigenvalue weighted by molar-refractivity contribution is 0.0199. The molecule has 0 spiro atoms. The predicted molar refractivity (Wildman–Crippen MR) is 82.5 cm³/mol. The summed E-state index contributed by atoms with van der Waals surface area (Å²) in [5.41, 5.74) is -0.0710. The lowest BCUT2D eigenvalue weighted by Gasteiger charge is -2.33. The van der Waals surface area contributed by atoms with Gasteiger partial charge >= 0.3 is 6.09 Å². The fraction of sp³-hybridized carbons (Fsp3) is 0.562. The van der Waals surface area contributed by atoms with E-state index in [2.05, 4.69) is 10.3 Å². The largest absolute Gasteiger partial charge is 0.444 e. The fourth-order valence-corrected chi connectivity index (χ4v) is 2.29. The molecule has 22 heavy (non-hydrogen) atoms. The average molecular weight is 305 g/mol. The van der Waals surface area contributed by atoms with Crippen molar-refractivity contribution in [2.75, 3.05) is 13.1 Å². The summed E-state index contributed by atoms with van der Waals surface area (Å²) in [6, 6.07) is 5.31. The summed E-state index contributed by atoms with van der Waals surface area (Å²) in [6.07, 6.45) is 2.75. The zero-order valence-corrected chi connectivity index (χ0v) is 13.3. The van der Waals surface area contributed by atoms with Gasteiger partial charge in [0.25, 0.3) is 5.91 Å². The summed E-state index contributed by atoms with van der Waals surface area (Å²) >= 11 is 0. The number of pyridine rings is 1. The fourth-order valence-electron chi connectivity index (χ4n) is 2.29. The Morgan fingerprint density at radius 2 is 1.95 bits per heavy atom. The molecule has 0 aliphatic carbocycles. The molecule has 2 amide bonds. The number of hydrogen-bond donors (Lipinski definition) is 1. The highest BCUT2D eigenvalue weighted by Crippen LogP contribution is 2.15. The van der Waals surface area contributed by atoms with Crippen LogP contribution in [0.25, 0.3) is 0 Å². The molecule has 120 valence electrons. The number of ether oxygens (including phenoxy) is 1. The molecule has 1 saturated heterocycles. The summed E-state index contributed by atoms with van der Waals surface area (Å²) in [6.45, 7) is 6.73. The molecular formula is C16H23N3O3. The third-order valence-electron chi connectivity index (χ3n) is 3.38. The second-order valence-electron chi connectivity index (χ2n) is 6.43. The minimum atomic E-state index is -0.485. The number of likely N-dealkylation sites (tertiary alicyclic amines) is 1. The number of carbonyl (C=O) groups excluding carboxylic acids is 2. The summed E-state index contributed by atoms with van der Waals surface area (Å²) in [5.74, 6) is -0.170. The monoisotopic (exact) mass is 305 g/mol. The third kappa shape index (κ3) is 4.72. The van der Waals surface area contributed by atoms with Crippen molar-refractivity contribution in [2.24, 2.45) is 0 Å². The van der Waals surface area contributed by atoms with Gasteiger partial charge in [-0.25, -0.2) is 4.79 Å². The van der Waals surface area contributed by atoms with Crippen molar-refractivity contribution in [2.45, 2.75) is 45.3 Å². The van der Waals surface area contributed by atoms with E-state index in [4.69, 9.17) is 4.74 Å². The van der Waals surface area contributed by atoms with Crippen LogP contribution in [0.3, 0.4) is 0 Å². The number of nitrogens with zero attached hydrogens (tertiary/aromatic N) is 2. The Hall–Kier alpha value is -2.11. The van der Waals surface area contributed by atoms with Crippen LogP contribution in [0.1, 0.15) is 44.1 Å². The van der Waals surface area contributed by atoms with E-state index >= 15 is 0 Å². The van der Waals surface area contributed by atoms with Gasteiger partial charge < -0.3 is 15.0 Å². The van der Waals surface area contributed by atoms with Crippen LogP contribution in [0.15, 0.2) is 24.4 Å². The van der Waals surface area contributed by atoms with Crippen LogP contribution in [0, 0.1) is 0 Å². The molecule has 0 unspecified atom stereocenters. The maximum atomic E-state index is 12.0. The number of hydrogen-bond acceptors (Lipinski definition) is 4. The summed E-state index contributed by atoms with van der Waals surface area (Å²) in [4.78, 5) is 29.7. The maximum Gasteiger partial charge on any atom is 0.410 e. The van der Waals surface area contributed by atoms with Crippen molar-refractivity contribution in [1.29, 1.82) is 0 Å². The second-order valence-corrected chi connectivity index (χ2v) is 6.43. The quantitative estimate of drug-likeness (QED) is 0.909. The minimum Gasteiger partial charge on any atom is -0.444 e. The van der Waals surface area contributed by atoms with Crippen LogP contribution in [0.2, 0.25) is 0 Å². The van der Waals surface area contributed by atoms with Gasteiger partial charge in [0.15, 0.2) is 0 Å². The topological polar surface area (TPSA) is 71.5 Å². The summed E-state index contributed by atoms with van der Waals surface area (Å²) in [5, 5.41) is 2.96. The molecular weight excluding hydrogens is 282 g/mol. The Balaban J connectivity index is 1.80. The molecule has 1 N–H and O–H groups in total. The van der Waals surface area contributed by atoms with Gasteiger partial charge in [-0.15, -0.1) is 0 Å². The van der Waals surface area contributed by atoms with Gasteiger partial charge in [-0.3, -0.25) is 9.78 Å². The zero-order chi connectivity index (χ0) is 16.2. The van der Waals surface area contributed by atoms with Crippen molar-refractivity contribution >= 4 is 12.0 Å². The molecule has 1 aliphatic rings. The zero-order valence-electron chi connectivity index (χ0n) is 13.3. The molecule has 6 heteroatoms. The summed E-state index contributed by atoms with van der Waals surface area (Å²) in [7, 11) is 0. The number of nitrogens with one attached hydrogen (secondary N) is 1. The average Bonchev–Trinajstić information content (AvgIpc) is 2.47. The SMILES string of the molecule is CC(C)(C)OC(=O)N1CCC(NC(=O)c2ccccn2)CC1. The van der Waals surface area contributed by atoms with Gasteiger partial charge in [-0.1, -0.05) is 6.07 Å². The molecule has 6 nitrogen and oxygen atoms in total. The molecule has 0 bridgehead atoms. The van der Waals surface area contributed by atoms with Gasteiger partial charge in [0.05, 0.1) is 0 Å². The van der Waals surface area contributed by atoms with Gasteiger partial charge in [0.1, 0.15) is 11.3 Å². The van der Waals surface area contributed by atoms with Crippen LogP contribution >= 0.6 is 0 Å². The first-order chi connectivity index (χ1) is 10.3. The van der Waals surface area contributed by atoms with Crippen molar-refractivity contribution in [3.8, 4) is 0 Å². The van der Waals surface area contributed by atoms with E-state index in [0.29, 0.717) is 18.8 Å². The van der Waals surface area contributed by atoms with E-state index in [1.54, 1.807) is 29.3 Å². The Morgan fingerprint density at radius 1 is 1.27 bits per heavy atom.